The molecule has 17 heavy (non-hydrogen) atoms. The first-order chi connectivity index (χ1) is 8.24. The Labute approximate surface area is 108 Å². The van der Waals surface area contributed by atoms with Gasteiger partial charge in [0.2, 0.25) is 5.95 Å². The number of aromatic amines is 1. The van der Waals surface area contributed by atoms with Gasteiger partial charge in [0, 0.05) is 26.2 Å². The lowest BCUT2D eigenvalue weighted by atomic mass is 10.4. The first-order valence-electron chi connectivity index (χ1n) is 6.22. The Bertz CT molecular complexity index is 374. The molecule has 1 aromatic heterocycles. The summed E-state index contributed by atoms with van der Waals surface area (Å²) < 4.78 is 8.12. The maximum atomic E-state index is 5.38. The third-order valence-electron chi connectivity index (χ3n) is 2.56. The molecule has 0 bridgehead atoms. The van der Waals surface area contributed by atoms with E-state index in [9.17, 15) is 0 Å². The molecule has 1 rings (SSSR count). The molecule has 0 radical (unpaired) electrons. The number of nitrogens with zero attached hydrogens (tertiary/aromatic N) is 3. The lowest BCUT2D eigenvalue weighted by molar-refractivity contribution is 0.153. The highest BCUT2D eigenvalue weighted by atomic mass is 32.1. The Hall–Kier alpha value is -0.880. The number of nitrogens with one attached hydrogen (secondary N) is 1. The number of rotatable bonds is 8. The van der Waals surface area contributed by atoms with E-state index in [1.165, 1.54) is 0 Å². The van der Waals surface area contributed by atoms with Crippen LogP contribution >= 0.6 is 12.2 Å². The van der Waals surface area contributed by atoms with E-state index < -0.39 is 0 Å². The Kier molecular flexibility index (Phi) is 6.21. The minimum Gasteiger partial charge on any atom is -0.380 e. The number of hydrogen-bond acceptors (Lipinski definition) is 4. The molecule has 0 aliphatic rings. The van der Waals surface area contributed by atoms with Crippen molar-refractivity contribution in [2.24, 2.45) is 0 Å². The van der Waals surface area contributed by atoms with Gasteiger partial charge in [0.15, 0.2) is 4.77 Å². The second-order valence-corrected chi connectivity index (χ2v) is 4.14. The van der Waals surface area contributed by atoms with Crippen molar-refractivity contribution in [3.05, 3.63) is 4.77 Å². The van der Waals surface area contributed by atoms with Crippen molar-refractivity contribution in [3.63, 3.8) is 0 Å². The van der Waals surface area contributed by atoms with E-state index in [-0.39, 0.29) is 0 Å². The number of H-pyrrole nitrogens is 1. The largest absolute Gasteiger partial charge is 0.380 e. The molecule has 1 heterocycles. The van der Waals surface area contributed by atoms with Gasteiger partial charge in [-0.15, -0.1) is 5.10 Å². The van der Waals surface area contributed by atoms with Crippen molar-refractivity contribution >= 4 is 18.2 Å². The molecule has 0 unspecified atom stereocenters. The Morgan fingerprint density at radius 3 is 2.76 bits per heavy atom. The van der Waals surface area contributed by atoms with E-state index in [0.717, 1.165) is 45.2 Å². The highest BCUT2D eigenvalue weighted by Crippen LogP contribution is 2.11. The number of ether oxygens (including phenoxy) is 1. The van der Waals surface area contributed by atoms with Crippen molar-refractivity contribution in [3.8, 4) is 0 Å². The van der Waals surface area contributed by atoms with Crippen LogP contribution in [0.4, 0.5) is 5.95 Å². The molecular weight excluding hydrogens is 236 g/mol. The van der Waals surface area contributed by atoms with Crippen LogP contribution in [0.1, 0.15) is 27.2 Å². The molecule has 0 aliphatic heterocycles. The van der Waals surface area contributed by atoms with Crippen molar-refractivity contribution in [1.29, 1.82) is 0 Å². The van der Waals surface area contributed by atoms with Gasteiger partial charge in [-0.2, -0.15) is 0 Å². The van der Waals surface area contributed by atoms with Gasteiger partial charge in [0.05, 0.1) is 6.61 Å². The molecule has 5 nitrogen and oxygen atoms in total. The summed E-state index contributed by atoms with van der Waals surface area (Å²) in [6, 6.07) is 0. The zero-order valence-corrected chi connectivity index (χ0v) is 11.7. The average molecular weight is 258 g/mol. The predicted octanol–water partition coefficient (Wildman–Crippen LogP) is 2.21. The number of likely N-dealkylation sites (N-methyl/N-ethyl adjacent to an activating group) is 1. The first-order valence-corrected chi connectivity index (χ1v) is 6.63. The molecule has 0 atom stereocenters. The van der Waals surface area contributed by atoms with Crippen molar-refractivity contribution in [2.45, 2.75) is 33.7 Å². The van der Waals surface area contributed by atoms with E-state index in [2.05, 4.69) is 28.9 Å². The average Bonchev–Trinajstić information content (AvgIpc) is 2.68. The fourth-order valence-corrected chi connectivity index (χ4v) is 1.91. The summed E-state index contributed by atoms with van der Waals surface area (Å²) in [6.07, 6.45) is 1.05. The van der Waals surface area contributed by atoms with Gasteiger partial charge < -0.3 is 9.64 Å². The summed E-state index contributed by atoms with van der Waals surface area (Å²) in [5, 5.41) is 7.16. The summed E-state index contributed by atoms with van der Waals surface area (Å²) >= 11 is 5.23. The van der Waals surface area contributed by atoms with Gasteiger partial charge in [0.25, 0.3) is 0 Å². The molecule has 0 saturated carbocycles. The van der Waals surface area contributed by atoms with Gasteiger partial charge in [-0.05, 0) is 32.5 Å². The van der Waals surface area contributed by atoms with E-state index in [4.69, 9.17) is 17.0 Å². The van der Waals surface area contributed by atoms with E-state index in [1.54, 1.807) is 0 Å². The third-order valence-corrected chi connectivity index (χ3v) is 2.87. The summed E-state index contributed by atoms with van der Waals surface area (Å²) in [5.41, 5.74) is 0. The van der Waals surface area contributed by atoms with Crippen LogP contribution in [-0.2, 0) is 11.3 Å². The first kappa shape index (κ1) is 14.2. The fraction of sp³-hybridized carbons (Fsp3) is 0.818. The van der Waals surface area contributed by atoms with Crippen LogP contribution in [-0.4, -0.2) is 41.1 Å². The van der Waals surface area contributed by atoms with Crippen LogP contribution in [0.15, 0.2) is 0 Å². The van der Waals surface area contributed by atoms with E-state index >= 15 is 0 Å². The minimum atomic E-state index is 0.691. The van der Waals surface area contributed by atoms with Crippen molar-refractivity contribution in [1.82, 2.24) is 14.8 Å². The number of anilines is 1. The van der Waals surface area contributed by atoms with Gasteiger partial charge >= 0.3 is 0 Å². The second-order valence-electron chi connectivity index (χ2n) is 3.76. The Morgan fingerprint density at radius 2 is 2.18 bits per heavy atom. The SMILES string of the molecule is CCCn1c(N(CC)CCOCC)n[nH]c1=S. The lowest BCUT2D eigenvalue weighted by Gasteiger charge is -2.21. The summed E-state index contributed by atoms with van der Waals surface area (Å²) in [7, 11) is 0. The highest BCUT2D eigenvalue weighted by molar-refractivity contribution is 7.71. The van der Waals surface area contributed by atoms with Gasteiger partial charge in [-0.3, -0.25) is 4.57 Å². The van der Waals surface area contributed by atoms with Crippen molar-refractivity contribution in [2.75, 3.05) is 31.2 Å². The third kappa shape index (κ3) is 3.81. The van der Waals surface area contributed by atoms with Crippen LogP contribution < -0.4 is 4.90 Å². The topological polar surface area (TPSA) is 46.1 Å². The molecule has 0 spiro atoms. The smallest absolute Gasteiger partial charge is 0.225 e. The van der Waals surface area contributed by atoms with Crippen LogP contribution in [0.2, 0.25) is 0 Å². The highest BCUT2D eigenvalue weighted by Gasteiger charge is 2.12. The van der Waals surface area contributed by atoms with E-state index in [1.807, 2.05) is 11.5 Å². The predicted molar refractivity (Wildman–Crippen MR) is 72.1 cm³/mol. The van der Waals surface area contributed by atoms with Gasteiger partial charge in [0.1, 0.15) is 0 Å². The quantitative estimate of drug-likeness (QED) is 0.573. The van der Waals surface area contributed by atoms with Crippen LogP contribution in [0, 0.1) is 4.77 Å². The summed E-state index contributed by atoms with van der Waals surface area (Å²) in [6.45, 7) is 10.4. The zero-order chi connectivity index (χ0) is 12.7. The van der Waals surface area contributed by atoms with Gasteiger partial charge in [-0.25, -0.2) is 5.10 Å². The second kappa shape index (κ2) is 7.45. The number of aromatic nitrogens is 3. The molecule has 0 aromatic carbocycles. The van der Waals surface area contributed by atoms with Crippen LogP contribution in [0.3, 0.4) is 0 Å². The monoisotopic (exact) mass is 258 g/mol. The zero-order valence-electron chi connectivity index (χ0n) is 10.9. The van der Waals surface area contributed by atoms with Crippen LogP contribution in [0.25, 0.3) is 0 Å². The minimum absolute atomic E-state index is 0.691. The molecule has 6 heteroatoms. The lowest BCUT2D eigenvalue weighted by Crippen LogP contribution is -2.30. The molecule has 98 valence electrons. The molecule has 1 aromatic rings. The van der Waals surface area contributed by atoms with Crippen molar-refractivity contribution < 1.29 is 4.74 Å². The molecule has 0 aliphatic carbocycles. The molecule has 1 N–H and O–H groups in total. The molecule has 0 saturated heterocycles. The van der Waals surface area contributed by atoms with E-state index in [0.29, 0.717) is 4.77 Å². The summed E-state index contributed by atoms with van der Waals surface area (Å²) in [5.74, 6) is 0.916. The molecular formula is C11H22N4OS. The van der Waals surface area contributed by atoms with Gasteiger partial charge in [-0.1, -0.05) is 6.92 Å². The maximum absolute atomic E-state index is 5.38. The Morgan fingerprint density at radius 1 is 1.41 bits per heavy atom. The molecule has 0 amide bonds. The maximum Gasteiger partial charge on any atom is 0.225 e. The summed E-state index contributed by atoms with van der Waals surface area (Å²) in [4.78, 5) is 2.18. The number of hydrogen-bond donors (Lipinski definition) is 1. The standard InChI is InChI=1S/C11H22N4OS/c1-4-7-15-10(12-13-11(15)17)14(5-2)8-9-16-6-3/h4-9H2,1-3H3,(H,13,17). The fourth-order valence-electron chi connectivity index (χ4n) is 1.69. The Balaban J connectivity index is 2.76. The van der Waals surface area contributed by atoms with Crippen LogP contribution in [0.5, 0.6) is 0 Å². The normalized spacial score (nSPS) is 10.8. The molecule has 0 fully saturated rings.